The molecule has 0 bridgehead atoms. The quantitative estimate of drug-likeness (QED) is 0.925. The molecule has 3 aliphatic rings. The number of carbonyl (C=O) groups is 1. The van der Waals surface area contributed by atoms with Crippen molar-refractivity contribution in [1.29, 1.82) is 0 Å². The van der Waals surface area contributed by atoms with Crippen LogP contribution in [0.3, 0.4) is 0 Å². The van der Waals surface area contributed by atoms with Gasteiger partial charge in [0, 0.05) is 30.6 Å². The fourth-order valence-electron chi connectivity index (χ4n) is 4.34. The number of hydrogen-bond donors (Lipinski definition) is 1. The van der Waals surface area contributed by atoms with Crippen molar-refractivity contribution in [1.82, 2.24) is 5.32 Å². The maximum Gasteiger partial charge on any atom is 0.244 e. The minimum Gasteiger partial charge on any atom is -0.348 e. The second-order valence-electron chi connectivity index (χ2n) is 7.23. The molecule has 2 unspecified atom stereocenters. The van der Waals surface area contributed by atoms with Crippen LogP contribution in [-0.2, 0) is 14.3 Å². The van der Waals surface area contributed by atoms with E-state index >= 15 is 0 Å². The molecule has 3 fully saturated rings. The summed E-state index contributed by atoms with van der Waals surface area (Å²) in [6.07, 6.45) is 4.71. The Morgan fingerprint density at radius 1 is 1.12 bits per heavy atom. The van der Waals surface area contributed by atoms with Gasteiger partial charge >= 0.3 is 0 Å². The highest BCUT2D eigenvalue weighted by atomic mass is 16.7. The molecule has 1 aromatic carbocycles. The monoisotopic (exact) mass is 330 g/mol. The van der Waals surface area contributed by atoms with Crippen molar-refractivity contribution in [2.75, 3.05) is 18.1 Å². The van der Waals surface area contributed by atoms with Gasteiger partial charge in [0.05, 0.1) is 19.3 Å². The molecule has 4 rings (SSSR count). The van der Waals surface area contributed by atoms with Gasteiger partial charge in [0.1, 0.15) is 0 Å². The Hall–Kier alpha value is -1.43. The maximum absolute atomic E-state index is 12.9. The molecule has 5 heteroatoms. The van der Waals surface area contributed by atoms with E-state index in [1.54, 1.807) is 0 Å². The number of rotatable bonds is 3. The van der Waals surface area contributed by atoms with Crippen molar-refractivity contribution in [3.63, 3.8) is 0 Å². The highest BCUT2D eigenvalue weighted by Crippen LogP contribution is 2.36. The van der Waals surface area contributed by atoms with Crippen LogP contribution in [0.4, 0.5) is 5.69 Å². The summed E-state index contributed by atoms with van der Waals surface area (Å²) in [5.74, 6) is -0.135. The van der Waals surface area contributed by atoms with Crippen molar-refractivity contribution < 1.29 is 14.3 Å². The topological polar surface area (TPSA) is 50.8 Å². The lowest BCUT2D eigenvalue weighted by molar-refractivity contribution is -0.179. The normalized spacial score (nSPS) is 30.4. The van der Waals surface area contributed by atoms with E-state index in [2.05, 4.69) is 12.2 Å². The lowest BCUT2D eigenvalue weighted by Crippen LogP contribution is -2.48. The predicted molar refractivity (Wildman–Crippen MR) is 91.8 cm³/mol. The zero-order valence-electron chi connectivity index (χ0n) is 14.2. The van der Waals surface area contributed by atoms with Gasteiger partial charge < -0.3 is 19.7 Å². The van der Waals surface area contributed by atoms with Gasteiger partial charge in [0.2, 0.25) is 5.91 Å². The molecule has 2 saturated heterocycles. The van der Waals surface area contributed by atoms with Crippen molar-refractivity contribution in [2.24, 2.45) is 0 Å². The largest absolute Gasteiger partial charge is 0.348 e. The van der Waals surface area contributed by atoms with Crippen LogP contribution in [0, 0.1) is 0 Å². The molecule has 130 valence electrons. The van der Waals surface area contributed by atoms with Crippen LogP contribution >= 0.6 is 0 Å². The lowest BCUT2D eigenvalue weighted by atomic mass is 9.89. The highest BCUT2D eigenvalue weighted by Gasteiger charge is 2.43. The molecule has 0 radical (unpaired) electrons. The third kappa shape index (κ3) is 2.96. The molecule has 2 aliphatic heterocycles. The third-order valence-corrected chi connectivity index (χ3v) is 5.59. The van der Waals surface area contributed by atoms with Crippen molar-refractivity contribution in [3.8, 4) is 0 Å². The van der Waals surface area contributed by atoms with Crippen molar-refractivity contribution in [3.05, 3.63) is 30.3 Å². The van der Waals surface area contributed by atoms with Gasteiger partial charge in [0.25, 0.3) is 0 Å². The molecule has 2 heterocycles. The summed E-state index contributed by atoms with van der Waals surface area (Å²) in [5, 5.41) is 3.60. The average molecular weight is 330 g/mol. The molecule has 1 saturated carbocycles. The summed E-state index contributed by atoms with van der Waals surface area (Å²) >= 11 is 0. The number of nitrogens with zero attached hydrogens (tertiary/aromatic N) is 1. The number of benzene rings is 1. The van der Waals surface area contributed by atoms with Gasteiger partial charge in [-0.1, -0.05) is 18.2 Å². The second-order valence-corrected chi connectivity index (χ2v) is 7.23. The standard InChI is InChI=1S/C19H26N2O3/c1-14-13-17(18(22)21(14)16-5-3-2-4-6-16)20-15-7-9-19(10-8-15)23-11-12-24-19/h2-6,14-15,17,20H,7-13H2,1H3. The van der Waals surface area contributed by atoms with Crippen LogP contribution in [0.15, 0.2) is 30.3 Å². The highest BCUT2D eigenvalue weighted by molar-refractivity contribution is 6.00. The average Bonchev–Trinajstić information content (AvgIpc) is 3.16. The number of anilines is 1. The van der Waals surface area contributed by atoms with Crippen LogP contribution in [0.5, 0.6) is 0 Å². The van der Waals surface area contributed by atoms with Gasteiger partial charge in [-0.05, 0) is 38.3 Å². The second kappa shape index (κ2) is 6.47. The molecular formula is C19H26N2O3. The Labute approximate surface area is 143 Å². The summed E-state index contributed by atoms with van der Waals surface area (Å²) in [5.41, 5.74) is 0.995. The molecule has 1 amide bonds. The van der Waals surface area contributed by atoms with Crippen molar-refractivity contribution in [2.45, 2.75) is 62.9 Å². The van der Waals surface area contributed by atoms with E-state index in [1.807, 2.05) is 35.2 Å². The van der Waals surface area contributed by atoms with Gasteiger partial charge in [-0.3, -0.25) is 4.79 Å². The first kappa shape index (κ1) is 16.1. The Bertz CT molecular complexity index is 576. The third-order valence-electron chi connectivity index (χ3n) is 5.59. The zero-order chi connectivity index (χ0) is 16.6. The Kier molecular flexibility index (Phi) is 4.33. The van der Waals surface area contributed by atoms with E-state index < -0.39 is 0 Å². The smallest absolute Gasteiger partial charge is 0.244 e. The van der Waals surface area contributed by atoms with Crippen LogP contribution in [0.1, 0.15) is 39.0 Å². The first-order chi connectivity index (χ1) is 11.7. The minimum atomic E-state index is -0.332. The summed E-state index contributed by atoms with van der Waals surface area (Å²) in [7, 11) is 0. The number of nitrogens with one attached hydrogen (secondary N) is 1. The van der Waals surface area contributed by atoms with Crippen LogP contribution < -0.4 is 10.2 Å². The number of hydrogen-bond acceptors (Lipinski definition) is 4. The van der Waals surface area contributed by atoms with Crippen LogP contribution in [-0.4, -0.2) is 43.0 Å². The first-order valence-corrected chi connectivity index (χ1v) is 9.09. The predicted octanol–water partition coefficient (Wildman–Crippen LogP) is 2.46. The number of carbonyl (C=O) groups excluding carboxylic acids is 1. The first-order valence-electron chi connectivity index (χ1n) is 9.09. The molecule has 1 spiro atoms. The molecule has 0 aromatic heterocycles. The molecule has 2 atom stereocenters. The SMILES string of the molecule is CC1CC(NC2CCC3(CC2)OCCO3)C(=O)N1c1ccccc1. The number of amides is 1. The van der Waals surface area contributed by atoms with E-state index in [9.17, 15) is 4.79 Å². The van der Waals surface area contributed by atoms with Gasteiger partial charge in [-0.2, -0.15) is 0 Å². The number of ether oxygens (including phenoxy) is 2. The molecular weight excluding hydrogens is 304 g/mol. The van der Waals surface area contributed by atoms with E-state index in [0.29, 0.717) is 19.3 Å². The molecule has 5 nitrogen and oxygen atoms in total. The van der Waals surface area contributed by atoms with E-state index in [-0.39, 0.29) is 23.8 Å². The summed E-state index contributed by atoms with van der Waals surface area (Å²) < 4.78 is 11.6. The Balaban J connectivity index is 1.37. The van der Waals surface area contributed by atoms with Gasteiger partial charge in [-0.15, -0.1) is 0 Å². The Morgan fingerprint density at radius 2 is 1.79 bits per heavy atom. The van der Waals surface area contributed by atoms with Crippen LogP contribution in [0.25, 0.3) is 0 Å². The maximum atomic E-state index is 12.9. The fraction of sp³-hybridized carbons (Fsp3) is 0.632. The van der Waals surface area contributed by atoms with Gasteiger partial charge in [-0.25, -0.2) is 0 Å². The zero-order valence-corrected chi connectivity index (χ0v) is 14.2. The molecule has 24 heavy (non-hydrogen) atoms. The van der Waals surface area contributed by atoms with E-state index in [0.717, 1.165) is 37.8 Å². The van der Waals surface area contributed by atoms with Crippen LogP contribution in [0.2, 0.25) is 0 Å². The molecule has 1 N–H and O–H groups in total. The summed E-state index contributed by atoms with van der Waals surface area (Å²) in [6, 6.07) is 10.5. The molecule has 1 aromatic rings. The Morgan fingerprint density at radius 3 is 2.46 bits per heavy atom. The van der Waals surface area contributed by atoms with E-state index in [4.69, 9.17) is 9.47 Å². The summed E-state index contributed by atoms with van der Waals surface area (Å²) in [4.78, 5) is 14.8. The minimum absolute atomic E-state index is 0.0790. The summed E-state index contributed by atoms with van der Waals surface area (Å²) in [6.45, 7) is 3.55. The van der Waals surface area contributed by atoms with Gasteiger partial charge in [0.15, 0.2) is 5.79 Å². The lowest BCUT2D eigenvalue weighted by Gasteiger charge is -2.36. The molecule has 1 aliphatic carbocycles. The number of para-hydroxylation sites is 1. The van der Waals surface area contributed by atoms with E-state index in [1.165, 1.54) is 0 Å². The van der Waals surface area contributed by atoms with Crippen molar-refractivity contribution >= 4 is 11.6 Å². The fourth-order valence-corrected chi connectivity index (χ4v) is 4.34.